The number of fused-ring (bicyclic) bond motifs is 2. The van der Waals surface area contributed by atoms with Crippen LogP contribution < -0.4 is 10.3 Å². The van der Waals surface area contributed by atoms with Crippen LogP contribution >= 0.6 is 0 Å². The molecule has 0 N–H and O–H groups in total. The number of para-hydroxylation sites is 1. The number of methoxy groups -OCH3 is 1. The summed E-state index contributed by atoms with van der Waals surface area (Å²) in [6.07, 6.45) is 5.96. The van der Waals surface area contributed by atoms with Crippen LogP contribution in [0.15, 0.2) is 47.4 Å². The van der Waals surface area contributed by atoms with Gasteiger partial charge in [-0.25, -0.2) is 9.78 Å². The molecule has 34 heavy (non-hydrogen) atoms. The number of pyridine rings is 1. The molecule has 4 rings (SSSR count). The van der Waals surface area contributed by atoms with Crippen molar-refractivity contribution in [1.29, 1.82) is 0 Å². The first-order chi connectivity index (χ1) is 16.5. The Morgan fingerprint density at radius 2 is 1.94 bits per heavy atom. The lowest BCUT2D eigenvalue weighted by molar-refractivity contribution is 0.0466. The van der Waals surface area contributed by atoms with Crippen molar-refractivity contribution < 1.29 is 14.3 Å². The van der Waals surface area contributed by atoms with Gasteiger partial charge in [-0.1, -0.05) is 32.0 Å². The topological polar surface area (TPSA) is 73.1 Å². The minimum Gasteiger partial charge on any atom is -0.496 e. The van der Waals surface area contributed by atoms with Gasteiger partial charge in [-0.2, -0.15) is 0 Å². The van der Waals surface area contributed by atoms with Gasteiger partial charge in [0.05, 0.1) is 18.4 Å². The summed E-state index contributed by atoms with van der Waals surface area (Å²) in [6, 6.07) is 11.2. The monoisotopic (exact) mass is 461 g/mol. The summed E-state index contributed by atoms with van der Waals surface area (Å²) in [6.45, 7) is 6.96. The van der Waals surface area contributed by atoms with Gasteiger partial charge in [0.2, 0.25) is 0 Å². The second kappa shape index (κ2) is 10.7. The Balaban J connectivity index is 1.65. The van der Waals surface area contributed by atoms with Crippen molar-refractivity contribution in [2.24, 2.45) is 0 Å². The van der Waals surface area contributed by atoms with E-state index in [1.807, 2.05) is 24.3 Å². The number of rotatable bonds is 8. The van der Waals surface area contributed by atoms with Crippen molar-refractivity contribution in [3.63, 3.8) is 0 Å². The fourth-order valence-electron chi connectivity index (χ4n) is 4.37. The smallest absolute Gasteiger partial charge is 0.339 e. The van der Waals surface area contributed by atoms with E-state index in [1.165, 1.54) is 4.40 Å². The second-order valence-corrected chi connectivity index (χ2v) is 8.32. The molecule has 178 valence electrons. The van der Waals surface area contributed by atoms with E-state index in [-0.39, 0.29) is 5.56 Å². The zero-order chi connectivity index (χ0) is 24.1. The molecule has 0 atom stereocenters. The van der Waals surface area contributed by atoms with E-state index in [9.17, 15) is 9.59 Å². The molecular weight excluding hydrogens is 430 g/mol. The van der Waals surface area contributed by atoms with Crippen LogP contribution in [-0.4, -0.2) is 53.6 Å². The Kier molecular flexibility index (Phi) is 7.43. The lowest BCUT2D eigenvalue weighted by atomic mass is 9.90. The number of carbonyl (C=O) groups is 1. The lowest BCUT2D eigenvalue weighted by Gasteiger charge is -2.19. The van der Waals surface area contributed by atoms with E-state index >= 15 is 0 Å². The fraction of sp³-hybridized carbons (Fsp3) is 0.370. The number of likely N-dealkylation sites (N-methyl/N-ethyl adjacent to an activating group) is 1. The predicted octanol–water partition coefficient (Wildman–Crippen LogP) is 4.08. The third-order valence-electron chi connectivity index (χ3n) is 6.33. The molecule has 0 spiro atoms. The quantitative estimate of drug-likeness (QED) is 0.471. The normalized spacial score (nSPS) is 14.4. The molecule has 2 aromatic heterocycles. The zero-order valence-electron chi connectivity index (χ0n) is 20.0. The number of ether oxygens (including phenoxy) is 2. The largest absolute Gasteiger partial charge is 0.496 e. The molecule has 2 heterocycles. The minimum absolute atomic E-state index is 0.136. The molecule has 7 nitrogen and oxygen atoms in total. The molecule has 0 amide bonds. The van der Waals surface area contributed by atoms with Crippen LogP contribution in [0.5, 0.6) is 5.75 Å². The van der Waals surface area contributed by atoms with E-state index in [0.717, 1.165) is 48.5 Å². The Labute approximate surface area is 199 Å². The molecule has 1 aromatic carbocycles. The van der Waals surface area contributed by atoms with Crippen molar-refractivity contribution in [2.75, 3.05) is 33.4 Å². The van der Waals surface area contributed by atoms with Gasteiger partial charge in [-0.15, -0.1) is 0 Å². The molecule has 0 bridgehead atoms. The molecule has 0 saturated heterocycles. The van der Waals surface area contributed by atoms with Gasteiger partial charge < -0.3 is 14.4 Å². The van der Waals surface area contributed by atoms with Crippen LogP contribution in [0.4, 0.5) is 0 Å². The van der Waals surface area contributed by atoms with Crippen molar-refractivity contribution in [1.82, 2.24) is 14.3 Å². The minimum atomic E-state index is -0.435. The number of esters is 1. The lowest BCUT2D eigenvalue weighted by Crippen LogP contribution is -2.28. The summed E-state index contributed by atoms with van der Waals surface area (Å²) >= 11 is 0. The Morgan fingerprint density at radius 1 is 1.15 bits per heavy atom. The SMILES string of the molecule is CCN(CC)CCOC(=O)c1ccc2nc3c(c(=O)n2c1)CCCC3=Cc1ccccc1OC. The van der Waals surface area contributed by atoms with Crippen LogP contribution in [0, 0.1) is 0 Å². The summed E-state index contributed by atoms with van der Waals surface area (Å²) in [5, 5.41) is 0. The van der Waals surface area contributed by atoms with Crippen LogP contribution in [0.1, 0.15) is 53.9 Å². The zero-order valence-corrected chi connectivity index (χ0v) is 20.0. The maximum atomic E-state index is 13.4. The number of benzene rings is 1. The highest BCUT2D eigenvalue weighted by Gasteiger charge is 2.22. The third kappa shape index (κ3) is 4.89. The first kappa shape index (κ1) is 23.7. The number of hydrogen-bond donors (Lipinski definition) is 0. The molecule has 1 aliphatic rings. The van der Waals surface area contributed by atoms with Crippen molar-refractivity contribution in [3.05, 3.63) is 75.3 Å². The highest BCUT2D eigenvalue weighted by atomic mass is 16.5. The standard InChI is InChI=1S/C27H31N3O4/c1-4-29(5-2)15-16-34-27(32)21-13-14-24-28-25-20(17-19-9-6-7-12-23(19)33-3)10-8-11-22(25)26(31)30(24)18-21/h6-7,9,12-14,17-18H,4-5,8,10-11,15-16H2,1-3H3. The van der Waals surface area contributed by atoms with E-state index in [4.69, 9.17) is 14.5 Å². The second-order valence-electron chi connectivity index (χ2n) is 8.32. The Bertz CT molecular complexity index is 1270. The average Bonchev–Trinajstić information content (AvgIpc) is 2.87. The van der Waals surface area contributed by atoms with Crippen LogP contribution in [0.3, 0.4) is 0 Å². The summed E-state index contributed by atoms with van der Waals surface area (Å²) in [5.41, 5.74) is 4.10. The van der Waals surface area contributed by atoms with Crippen molar-refractivity contribution in [3.8, 4) is 5.75 Å². The number of aromatic nitrogens is 2. The van der Waals surface area contributed by atoms with E-state index < -0.39 is 5.97 Å². The van der Waals surface area contributed by atoms with Gasteiger partial charge >= 0.3 is 5.97 Å². The summed E-state index contributed by atoms with van der Waals surface area (Å²) in [5.74, 6) is 0.346. The van der Waals surface area contributed by atoms with Gasteiger partial charge in [-0.05, 0) is 62.2 Å². The van der Waals surface area contributed by atoms with Crippen LogP contribution in [0.25, 0.3) is 17.3 Å². The molecule has 0 aliphatic heterocycles. The van der Waals surface area contributed by atoms with E-state index in [2.05, 4.69) is 24.8 Å². The molecule has 3 aromatic rings. The predicted molar refractivity (Wildman–Crippen MR) is 133 cm³/mol. The molecule has 7 heteroatoms. The molecule has 1 aliphatic carbocycles. The summed E-state index contributed by atoms with van der Waals surface area (Å²) in [7, 11) is 1.65. The van der Waals surface area contributed by atoms with Gasteiger partial charge in [0, 0.05) is 23.9 Å². The van der Waals surface area contributed by atoms with Crippen LogP contribution in [-0.2, 0) is 11.2 Å². The molecule has 0 unspecified atom stereocenters. The number of allylic oxidation sites excluding steroid dienone is 1. The number of carbonyl (C=O) groups excluding carboxylic acids is 1. The average molecular weight is 462 g/mol. The number of hydrogen-bond acceptors (Lipinski definition) is 6. The molecule has 0 saturated carbocycles. The highest BCUT2D eigenvalue weighted by Crippen LogP contribution is 2.32. The first-order valence-electron chi connectivity index (χ1n) is 11.8. The maximum absolute atomic E-state index is 13.4. The third-order valence-corrected chi connectivity index (χ3v) is 6.33. The van der Waals surface area contributed by atoms with E-state index in [0.29, 0.717) is 36.3 Å². The summed E-state index contributed by atoms with van der Waals surface area (Å²) in [4.78, 5) is 32.9. The number of nitrogens with zero attached hydrogens (tertiary/aromatic N) is 3. The van der Waals surface area contributed by atoms with Gasteiger partial charge in [-0.3, -0.25) is 9.20 Å². The highest BCUT2D eigenvalue weighted by molar-refractivity contribution is 5.89. The Morgan fingerprint density at radius 3 is 2.71 bits per heavy atom. The fourth-order valence-corrected chi connectivity index (χ4v) is 4.37. The van der Waals surface area contributed by atoms with Crippen molar-refractivity contribution in [2.45, 2.75) is 33.1 Å². The van der Waals surface area contributed by atoms with Crippen molar-refractivity contribution >= 4 is 23.3 Å². The molecule has 0 radical (unpaired) electrons. The van der Waals surface area contributed by atoms with Gasteiger partial charge in [0.1, 0.15) is 18.0 Å². The van der Waals surface area contributed by atoms with E-state index in [1.54, 1.807) is 25.4 Å². The Hall–Kier alpha value is -3.45. The molecule has 0 fully saturated rings. The van der Waals surface area contributed by atoms with Gasteiger partial charge in [0.25, 0.3) is 5.56 Å². The molecular formula is C27H31N3O4. The van der Waals surface area contributed by atoms with Gasteiger partial charge in [0.15, 0.2) is 0 Å². The first-order valence-corrected chi connectivity index (χ1v) is 11.8. The summed E-state index contributed by atoms with van der Waals surface area (Å²) < 4.78 is 12.4. The van der Waals surface area contributed by atoms with Crippen LogP contribution in [0.2, 0.25) is 0 Å². The maximum Gasteiger partial charge on any atom is 0.339 e.